The lowest BCUT2D eigenvalue weighted by Crippen LogP contribution is -2.11. The maximum absolute atomic E-state index is 13.1. The molecule has 0 saturated carbocycles. The number of halogens is 3. The molecule has 23 heavy (non-hydrogen) atoms. The van der Waals surface area contributed by atoms with E-state index < -0.39 is 17.7 Å². The standard InChI is InChI=1S/C17H12F3NO2/c18-17(19,20)14-4-2-1-3-13(14)10-21-8-7-11-5-6-12(16(22)23)9-15(11)21/h1-9H,10H2,(H,22,23). The van der Waals surface area contributed by atoms with Crippen LogP contribution in [0.1, 0.15) is 21.5 Å². The van der Waals surface area contributed by atoms with Gasteiger partial charge in [-0.2, -0.15) is 13.2 Å². The number of hydrogen-bond donors (Lipinski definition) is 1. The summed E-state index contributed by atoms with van der Waals surface area (Å²) >= 11 is 0. The highest BCUT2D eigenvalue weighted by atomic mass is 19.4. The Morgan fingerprint density at radius 2 is 1.83 bits per heavy atom. The lowest BCUT2D eigenvalue weighted by molar-refractivity contribution is -0.138. The summed E-state index contributed by atoms with van der Waals surface area (Å²) in [6.45, 7) is 0.0161. The van der Waals surface area contributed by atoms with Crippen molar-refractivity contribution < 1.29 is 23.1 Å². The van der Waals surface area contributed by atoms with Gasteiger partial charge in [-0.15, -0.1) is 0 Å². The van der Waals surface area contributed by atoms with Crippen LogP contribution >= 0.6 is 0 Å². The van der Waals surface area contributed by atoms with Crippen molar-refractivity contribution in [3.05, 3.63) is 71.4 Å². The maximum Gasteiger partial charge on any atom is 0.416 e. The van der Waals surface area contributed by atoms with E-state index in [9.17, 15) is 18.0 Å². The van der Waals surface area contributed by atoms with Gasteiger partial charge in [0.05, 0.1) is 11.1 Å². The van der Waals surface area contributed by atoms with E-state index >= 15 is 0 Å². The zero-order valence-electron chi connectivity index (χ0n) is 11.8. The van der Waals surface area contributed by atoms with Gasteiger partial charge in [0.25, 0.3) is 0 Å². The number of hydrogen-bond acceptors (Lipinski definition) is 1. The molecular weight excluding hydrogens is 307 g/mol. The highest BCUT2D eigenvalue weighted by Gasteiger charge is 2.32. The SMILES string of the molecule is O=C(O)c1ccc2ccn(Cc3ccccc3C(F)(F)F)c2c1. The van der Waals surface area contributed by atoms with Crippen molar-refractivity contribution in [3.63, 3.8) is 0 Å². The van der Waals surface area contributed by atoms with Crippen molar-refractivity contribution in [2.45, 2.75) is 12.7 Å². The summed E-state index contributed by atoms with van der Waals surface area (Å²) in [5.74, 6) is -1.07. The number of alkyl halides is 3. The first-order valence-corrected chi connectivity index (χ1v) is 6.83. The summed E-state index contributed by atoms with van der Waals surface area (Å²) in [4.78, 5) is 11.1. The highest BCUT2D eigenvalue weighted by molar-refractivity contribution is 5.93. The first-order valence-electron chi connectivity index (χ1n) is 6.83. The lowest BCUT2D eigenvalue weighted by Gasteiger charge is -2.14. The fourth-order valence-corrected chi connectivity index (χ4v) is 2.57. The van der Waals surface area contributed by atoms with Gasteiger partial charge in [0, 0.05) is 18.3 Å². The number of carboxylic acid groups (broad SMARTS) is 1. The molecule has 0 spiro atoms. The first-order chi connectivity index (χ1) is 10.9. The average Bonchev–Trinajstić information content (AvgIpc) is 2.89. The zero-order chi connectivity index (χ0) is 16.6. The predicted octanol–water partition coefficient (Wildman–Crippen LogP) is 4.41. The molecule has 0 radical (unpaired) electrons. The van der Waals surface area contributed by atoms with Gasteiger partial charge in [-0.3, -0.25) is 0 Å². The minimum absolute atomic E-state index is 0.0161. The molecule has 0 fully saturated rings. The number of aromatic nitrogens is 1. The summed E-state index contributed by atoms with van der Waals surface area (Å²) in [7, 11) is 0. The van der Waals surface area contributed by atoms with E-state index in [2.05, 4.69) is 0 Å². The monoisotopic (exact) mass is 319 g/mol. The van der Waals surface area contributed by atoms with Crippen LogP contribution in [0, 0.1) is 0 Å². The highest BCUT2D eigenvalue weighted by Crippen LogP contribution is 2.32. The normalized spacial score (nSPS) is 11.8. The second kappa shape index (κ2) is 5.46. The Bertz CT molecular complexity index is 881. The van der Waals surface area contributed by atoms with Crippen molar-refractivity contribution in [1.29, 1.82) is 0 Å². The molecule has 1 N–H and O–H groups in total. The van der Waals surface area contributed by atoms with Crippen molar-refractivity contribution in [1.82, 2.24) is 4.57 Å². The molecule has 1 heterocycles. The number of rotatable bonds is 3. The summed E-state index contributed by atoms with van der Waals surface area (Å²) < 4.78 is 40.8. The Morgan fingerprint density at radius 3 is 2.52 bits per heavy atom. The third kappa shape index (κ3) is 2.92. The first kappa shape index (κ1) is 15.1. The number of nitrogens with zero attached hydrogens (tertiary/aromatic N) is 1. The molecule has 118 valence electrons. The van der Waals surface area contributed by atoms with Gasteiger partial charge in [0.2, 0.25) is 0 Å². The molecule has 0 amide bonds. The van der Waals surface area contributed by atoms with Crippen LogP contribution in [-0.2, 0) is 12.7 Å². The second-order valence-electron chi connectivity index (χ2n) is 5.18. The molecule has 0 aliphatic carbocycles. The molecule has 0 aliphatic heterocycles. The maximum atomic E-state index is 13.1. The van der Waals surface area contributed by atoms with Crippen LogP contribution in [0.25, 0.3) is 10.9 Å². The van der Waals surface area contributed by atoms with Crippen molar-refractivity contribution in [3.8, 4) is 0 Å². The summed E-state index contributed by atoms with van der Waals surface area (Å²) in [6.07, 6.45) is -2.77. The van der Waals surface area contributed by atoms with Crippen LogP contribution in [0.2, 0.25) is 0 Å². The molecule has 0 unspecified atom stereocenters. The number of benzene rings is 2. The molecule has 2 aromatic carbocycles. The van der Waals surface area contributed by atoms with E-state index in [0.29, 0.717) is 5.52 Å². The van der Waals surface area contributed by atoms with E-state index in [-0.39, 0.29) is 17.7 Å². The molecule has 0 bridgehead atoms. The topological polar surface area (TPSA) is 42.2 Å². The van der Waals surface area contributed by atoms with Crippen LogP contribution in [0.3, 0.4) is 0 Å². The minimum Gasteiger partial charge on any atom is -0.478 e. The van der Waals surface area contributed by atoms with Crippen molar-refractivity contribution in [2.75, 3.05) is 0 Å². The molecule has 1 aromatic heterocycles. The smallest absolute Gasteiger partial charge is 0.416 e. The van der Waals surface area contributed by atoms with Crippen LogP contribution in [0.5, 0.6) is 0 Å². The zero-order valence-corrected chi connectivity index (χ0v) is 11.8. The summed E-state index contributed by atoms with van der Waals surface area (Å²) in [6, 6.07) is 11.7. The summed E-state index contributed by atoms with van der Waals surface area (Å²) in [5, 5.41) is 9.83. The molecule has 0 saturated heterocycles. The van der Waals surface area contributed by atoms with E-state index in [1.165, 1.54) is 24.3 Å². The van der Waals surface area contributed by atoms with Crippen molar-refractivity contribution >= 4 is 16.9 Å². The Kier molecular flexibility index (Phi) is 3.60. The van der Waals surface area contributed by atoms with E-state index in [1.54, 1.807) is 29.0 Å². The number of aromatic carboxylic acids is 1. The van der Waals surface area contributed by atoms with Crippen LogP contribution in [0.15, 0.2) is 54.7 Å². The van der Waals surface area contributed by atoms with Crippen LogP contribution in [0.4, 0.5) is 13.2 Å². The number of carbonyl (C=O) groups is 1. The Morgan fingerprint density at radius 1 is 1.09 bits per heavy atom. The molecule has 0 atom stereocenters. The van der Waals surface area contributed by atoms with Crippen molar-refractivity contribution in [2.24, 2.45) is 0 Å². The predicted molar refractivity (Wildman–Crippen MR) is 79.4 cm³/mol. The third-order valence-corrected chi connectivity index (χ3v) is 3.68. The van der Waals surface area contributed by atoms with Gasteiger partial charge in [0.1, 0.15) is 0 Å². The van der Waals surface area contributed by atoms with Gasteiger partial charge in [-0.1, -0.05) is 24.3 Å². The van der Waals surface area contributed by atoms with Gasteiger partial charge in [0.15, 0.2) is 0 Å². The molecule has 6 heteroatoms. The third-order valence-electron chi connectivity index (χ3n) is 3.68. The van der Waals surface area contributed by atoms with E-state index in [0.717, 1.165) is 11.5 Å². The second-order valence-corrected chi connectivity index (χ2v) is 5.18. The van der Waals surface area contributed by atoms with Gasteiger partial charge < -0.3 is 9.67 Å². The van der Waals surface area contributed by atoms with Crippen LogP contribution in [-0.4, -0.2) is 15.6 Å². The fourth-order valence-electron chi connectivity index (χ4n) is 2.57. The minimum atomic E-state index is -4.42. The molecule has 0 aliphatic rings. The van der Waals surface area contributed by atoms with E-state index in [4.69, 9.17) is 5.11 Å². The van der Waals surface area contributed by atoms with Gasteiger partial charge >= 0.3 is 12.1 Å². The average molecular weight is 319 g/mol. The van der Waals surface area contributed by atoms with Gasteiger partial charge in [-0.05, 0) is 35.2 Å². The van der Waals surface area contributed by atoms with Gasteiger partial charge in [-0.25, -0.2) is 4.79 Å². The quantitative estimate of drug-likeness (QED) is 0.777. The molecular formula is C17H12F3NO2. The summed E-state index contributed by atoms with van der Waals surface area (Å²) in [5.41, 5.74) is 0.137. The number of fused-ring (bicyclic) bond motifs is 1. The largest absolute Gasteiger partial charge is 0.478 e. The molecule has 3 rings (SSSR count). The Labute approximate surface area is 129 Å². The van der Waals surface area contributed by atoms with E-state index in [1.807, 2.05) is 0 Å². The molecule has 3 aromatic rings. The number of carboxylic acids is 1. The Hall–Kier alpha value is -2.76. The van der Waals surface area contributed by atoms with Crippen LogP contribution < -0.4 is 0 Å². The molecule has 3 nitrogen and oxygen atoms in total. The Balaban J connectivity index is 2.06. The lowest BCUT2D eigenvalue weighted by atomic mass is 10.1. The fraction of sp³-hybridized carbons (Fsp3) is 0.118.